The number of fused-ring (bicyclic) bond motifs is 2. The van der Waals surface area contributed by atoms with E-state index in [2.05, 4.69) is 15.0 Å². The highest BCUT2D eigenvalue weighted by Crippen LogP contribution is 2.29. The van der Waals surface area contributed by atoms with Gasteiger partial charge in [0.15, 0.2) is 16.3 Å². The van der Waals surface area contributed by atoms with Crippen LogP contribution in [0.25, 0.3) is 22.1 Å². The SMILES string of the molecule is CCOc1ccc2oc(=O)cc(CSc3nc4c(=O)[nH]cnc4n3C)c2c1. The van der Waals surface area contributed by atoms with Gasteiger partial charge in [-0.15, -0.1) is 0 Å². The average Bonchev–Trinajstić information content (AvgIpc) is 2.98. The molecular formula is C18H16N4O4S. The number of imidazole rings is 1. The largest absolute Gasteiger partial charge is 0.494 e. The summed E-state index contributed by atoms with van der Waals surface area (Å²) < 4.78 is 12.6. The number of aromatic nitrogens is 4. The van der Waals surface area contributed by atoms with Crippen molar-refractivity contribution in [3.05, 3.63) is 56.9 Å². The summed E-state index contributed by atoms with van der Waals surface area (Å²) in [6.07, 6.45) is 1.35. The Morgan fingerprint density at radius 1 is 1.30 bits per heavy atom. The van der Waals surface area contributed by atoms with Crippen LogP contribution in [0, 0.1) is 0 Å². The molecule has 4 aromatic rings. The molecule has 0 spiro atoms. The summed E-state index contributed by atoms with van der Waals surface area (Å²) in [5, 5.41) is 1.44. The molecule has 0 unspecified atom stereocenters. The van der Waals surface area contributed by atoms with Gasteiger partial charge in [-0.1, -0.05) is 11.8 Å². The van der Waals surface area contributed by atoms with Gasteiger partial charge in [-0.25, -0.2) is 14.8 Å². The highest BCUT2D eigenvalue weighted by atomic mass is 32.2. The van der Waals surface area contributed by atoms with E-state index >= 15 is 0 Å². The average molecular weight is 384 g/mol. The van der Waals surface area contributed by atoms with Crippen LogP contribution in [0.15, 0.2) is 49.8 Å². The molecule has 0 radical (unpaired) electrons. The Morgan fingerprint density at radius 3 is 2.93 bits per heavy atom. The highest BCUT2D eigenvalue weighted by molar-refractivity contribution is 7.98. The molecule has 0 aliphatic heterocycles. The van der Waals surface area contributed by atoms with Gasteiger partial charge in [-0.2, -0.15) is 0 Å². The summed E-state index contributed by atoms with van der Waals surface area (Å²) in [5.74, 6) is 1.19. The number of aromatic amines is 1. The summed E-state index contributed by atoms with van der Waals surface area (Å²) in [6.45, 7) is 2.46. The van der Waals surface area contributed by atoms with Crippen molar-refractivity contribution in [2.75, 3.05) is 6.61 Å². The van der Waals surface area contributed by atoms with Gasteiger partial charge >= 0.3 is 5.63 Å². The summed E-state index contributed by atoms with van der Waals surface area (Å²) in [7, 11) is 1.80. The van der Waals surface area contributed by atoms with Crippen LogP contribution in [0.1, 0.15) is 12.5 Å². The molecule has 0 aliphatic carbocycles. The van der Waals surface area contributed by atoms with Crippen LogP contribution in [0.2, 0.25) is 0 Å². The van der Waals surface area contributed by atoms with Gasteiger partial charge < -0.3 is 18.7 Å². The Labute approximate surface area is 157 Å². The van der Waals surface area contributed by atoms with Crippen LogP contribution in [0.4, 0.5) is 0 Å². The lowest BCUT2D eigenvalue weighted by Gasteiger charge is -2.08. The molecule has 1 N–H and O–H groups in total. The third-order valence-electron chi connectivity index (χ3n) is 4.09. The predicted octanol–water partition coefficient (Wildman–Crippen LogP) is 2.45. The minimum atomic E-state index is -0.412. The zero-order valence-corrected chi connectivity index (χ0v) is 15.5. The molecule has 0 fully saturated rings. The molecule has 0 amide bonds. The Bertz CT molecular complexity index is 1260. The first-order valence-corrected chi connectivity index (χ1v) is 9.28. The fourth-order valence-corrected chi connectivity index (χ4v) is 3.80. The molecule has 0 aliphatic rings. The van der Waals surface area contributed by atoms with E-state index in [0.717, 1.165) is 10.9 Å². The van der Waals surface area contributed by atoms with Gasteiger partial charge in [-0.3, -0.25) is 4.79 Å². The maximum atomic E-state index is 11.9. The second-order valence-corrected chi connectivity index (χ2v) is 6.77. The molecule has 138 valence electrons. The predicted molar refractivity (Wildman–Crippen MR) is 102 cm³/mol. The highest BCUT2D eigenvalue weighted by Gasteiger charge is 2.14. The van der Waals surface area contributed by atoms with Crippen molar-refractivity contribution < 1.29 is 9.15 Å². The van der Waals surface area contributed by atoms with Crippen molar-refractivity contribution in [3.63, 3.8) is 0 Å². The standard InChI is InChI=1S/C18H16N4O4S/c1-3-25-11-4-5-13-12(7-11)10(6-14(23)26-13)8-27-18-21-15-16(22(18)2)19-9-20-17(15)24/h4-7,9H,3,8H2,1-2H3,(H,19,20,24). The second-order valence-electron chi connectivity index (χ2n) is 5.83. The lowest BCUT2D eigenvalue weighted by molar-refractivity contribution is 0.340. The molecular weight excluding hydrogens is 368 g/mol. The molecule has 3 heterocycles. The van der Waals surface area contributed by atoms with Crippen molar-refractivity contribution in [1.29, 1.82) is 0 Å². The minimum Gasteiger partial charge on any atom is -0.494 e. The van der Waals surface area contributed by atoms with E-state index in [9.17, 15) is 9.59 Å². The first-order valence-electron chi connectivity index (χ1n) is 8.29. The number of hydrogen-bond donors (Lipinski definition) is 1. The lowest BCUT2D eigenvalue weighted by Crippen LogP contribution is -2.06. The molecule has 8 nitrogen and oxygen atoms in total. The number of rotatable bonds is 5. The van der Waals surface area contributed by atoms with E-state index in [1.54, 1.807) is 23.7 Å². The van der Waals surface area contributed by atoms with Crippen molar-refractivity contribution in [1.82, 2.24) is 19.5 Å². The number of thioether (sulfide) groups is 1. The summed E-state index contributed by atoms with van der Waals surface area (Å²) in [5.41, 5.74) is 1.42. The zero-order valence-electron chi connectivity index (χ0n) is 14.7. The third-order valence-corrected chi connectivity index (χ3v) is 5.17. The lowest BCUT2D eigenvalue weighted by atomic mass is 10.1. The van der Waals surface area contributed by atoms with Crippen molar-refractivity contribution in [2.24, 2.45) is 7.05 Å². The monoisotopic (exact) mass is 384 g/mol. The minimum absolute atomic E-state index is 0.283. The van der Waals surface area contributed by atoms with Crippen LogP contribution in [0.5, 0.6) is 5.75 Å². The number of H-pyrrole nitrogens is 1. The van der Waals surface area contributed by atoms with E-state index in [-0.39, 0.29) is 5.56 Å². The molecule has 3 aromatic heterocycles. The van der Waals surface area contributed by atoms with Gasteiger partial charge in [-0.05, 0) is 30.7 Å². The van der Waals surface area contributed by atoms with Crippen molar-refractivity contribution >= 4 is 33.9 Å². The van der Waals surface area contributed by atoms with Gasteiger partial charge in [0.05, 0.1) is 12.9 Å². The number of hydrogen-bond acceptors (Lipinski definition) is 7. The Morgan fingerprint density at radius 2 is 2.15 bits per heavy atom. The Kier molecular flexibility index (Phi) is 4.44. The van der Waals surface area contributed by atoms with Crippen molar-refractivity contribution in [3.8, 4) is 5.75 Å². The Balaban J connectivity index is 1.72. The number of nitrogens with zero attached hydrogens (tertiary/aromatic N) is 3. The number of benzene rings is 1. The molecule has 1 aromatic carbocycles. The van der Waals surface area contributed by atoms with Crippen LogP contribution < -0.4 is 15.9 Å². The smallest absolute Gasteiger partial charge is 0.336 e. The first kappa shape index (κ1) is 17.3. The quantitative estimate of drug-likeness (QED) is 0.416. The Hall–Kier alpha value is -3.07. The van der Waals surface area contributed by atoms with E-state index in [4.69, 9.17) is 9.15 Å². The van der Waals surface area contributed by atoms with E-state index in [1.165, 1.54) is 24.2 Å². The number of nitrogens with one attached hydrogen (secondary N) is 1. The normalized spacial score (nSPS) is 11.3. The molecule has 4 rings (SSSR count). The van der Waals surface area contributed by atoms with Crippen LogP contribution in [0.3, 0.4) is 0 Å². The van der Waals surface area contributed by atoms with Crippen LogP contribution >= 0.6 is 11.8 Å². The van der Waals surface area contributed by atoms with Crippen molar-refractivity contribution in [2.45, 2.75) is 17.8 Å². The molecule has 0 bridgehead atoms. The van der Waals surface area contributed by atoms with E-state index < -0.39 is 5.63 Å². The fourth-order valence-electron chi connectivity index (χ4n) is 2.84. The van der Waals surface area contributed by atoms with Crippen LogP contribution in [-0.2, 0) is 12.8 Å². The van der Waals surface area contributed by atoms with Gasteiger partial charge in [0.1, 0.15) is 11.3 Å². The summed E-state index contributed by atoms with van der Waals surface area (Å²) in [6, 6.07) is 6.83. The zero-order chi connectivity index (χ0) is 19.0. The topological polar surface area (TPSA) is 103 Å². The second kappa shape index (κ2) is 6.92. The number of aryl methyl sites for hydroxylation is 1. The van der Waals surface area contributed by atoms with Gasteiger partial charge in [0.25, 0.3) is 5.56 Å². The summed E-state index contributed by atoms with van der Waals surface area (Å²) in [4.78, 5) is 34.8. The third kappa shape index (κ3) is 3.21. The summed E-state index contributed by atoms with van der Waals surface area (Å²) >= 11 is 1.42. The van der Waals surface area contributed by atoms with E-state index in [0.29, 0.717) is 40.0 Å². The maximum Gasteiger partial charge on any atom is 0.336 e. The fraction of sp³-hybridized carbons (Fsp3) is 0.222. The molecule has 0 atom stereocenters. The van der Waals surface area contributed by atoms with Crippen LogP contribution in [-0.4, -0.2) is 26.1 Å². The first-order chi connectivity index (χ1) is 13.1. The molecule has 27 heavy (non-hydrogen) atoms. The molecule has 9 heteroatoms. The van der Waals surface area contributed by atoms with Gasteiger partial charge in [0.2, 0.25) is 0 Å². The molecule has 0 saturated carbocycles. The molecule has 0 saturated heterocycles. The van der Waals surface area contributed by atoms with Gasteiger partial charge in [0, 0.05) is 24.3 Å². The maximum absolute atomic E-state index is 11.9. The number of ether oxygens (including phenoxy) is 1. The van der Waals surface area contributed by atoms with E-state index in [1.807, 2.05) is 13.0 Å².